The molecule has 1 saturated heterocycles. The first kappa shape index (κ1) is 12.9. The molecule has 1 aromatic carbocycles. The number of fused-ring (bicyclic) bond motifs is 1. The number of likely N-dealkylation sites (tertiary alicyclic amines) is 1. The number of nitrogens with one attached hydrogen (secondary N) is 1. The molecular formula is C14H14N2O3S. The highest BCUT2D eigenvalue weighted by molar-refractivity contribution is 7.17. The van der Waals surface area contributed by atoms with Gasteiger partial charge in [0, 0.05) is 23.5 Å². The first-order chi connectivity index (χ1) is 9.63. The highest BCUT2D eigenvalue weighted by Gasteiger charge is 2.30. The lowest BCUT2D eigenvalue weighted by molar-refractivity contribution is -0.141. The molecule has 1 unspecified atom stereocenters. The number of carboxylic acid groups (broad SMARTS) is 1. The lowest BCUT2D eigenvalue weighted by Gasteiger charge is -2.16. The maximum Gasteiger partial charge on any atom is 0.321 e. The molecule has 104 valence electrons. The third-order valence-corrected chi connectivity index (χ3v) is 4.43. The van der Waals surface area contributed by atoms with Crippen LogP contribution in [0.1, 0.15) is 6.42 Å². The number of rotatable bonds is 2. The van der Waals surface area contributed by atoms with Gasteiger partial charge < -0.3 is 15.3 Å². The zero-order valence-electron chi connectivity index (χ0n) is 10.7. The zero-order chi connectivity index (χ0) is 14.1. The fourth-order valence-electron chi connectivity index (χ4n) is 2.39. The summed E-state index contributed by atoms with van der Waals surface area (Å²) >= 11 is 1.66. The molecule has 3 rings (SSSR count). The summed E-state index contributed by atoms with van der Waals surface area (Å²) in [5.41, 5.74) is 0.736. The van der Waals surface area contributed by atoms with Crippen LogP contribution in [0, 0.1) is 5.92 Å². The van der Waals surface area contributed by atoms with Crippen molar-refractivity contribution in [1.82, 2.24) is 4.90 Å². The van der Waals surface area contributed by atoms with Gasteiger partial charge in [-0.05, 0) is 41.5 Å². The molecule has 0 radical (unpaired) electrons. The molecule has 1 fully saturated rings. The van der Waals surface area contributed by atoms with Gasteiger partial charge in [-0.15, -0.1) is 11.3 Å². The largest absolute Gasteiger partial charge is 0.481 e. The molecule has 1 aliphatic rings. The Kier molecular flexibility index (Phi) is 3.31. The lowest BCUT2D eigenvalue weighted by atomic mass is 10.1. The van der Waals surface area contributed by atoms with Gasteiger partial charge in [0.15, 0.2) is 0 Å². The van der Waals surface area contributed by atoms with Crippen LogP contribution in [-0.4, -0.2) is 35.1 Å². The predicted molar refractivity (Wildman–Crippen MR) is 78.2 cm³/mol. The Morgan fingerprint density at radius 3 is 2.95 bits per heavy atom. The normalized spacial score (nSPS) is 18.4. The second kappa shape index (κ2) is 5.13. The maximum absolute atomic E-state index is 12.1. The van der Waals surface area contributed by atoms with Gasteiger partial charge in [0.25, 0.3) is 0 Å². The van der Waals surface area contributed by atoms with Crippen LogP contribution in [0.3, 0.4) is 0 Å². The van der Waals surface area contributed by atoms with E-state index < -0.39 is 11.9 Å². The van der Waals surface area contributed by atoms with Crippen LogP contribution in [-0.2, 0) is 4.79 Å². The van der Waals surface area contributed by atoms with Gasteiger partial charge in [0.1, 0.15) is 0 Å². The molecule has 20 heavy (non-hydrogen) atoms. The van der Waals surface area contributed by atoms with Crippen LogP contribution in [0.15, 0.2) is 29.6 Å². The van der Waals surface area contributed by atoms with Crippen LogP contribution in [0.5, 0.6) is 0 Å². The third kappa shape index (κ3) is 2.46. The minimum atomic E-state index is -0.833. The molecule has 2 N–H and O–H groups in total. The van der Waals surface area contributed by atoms with E-state index in [1.54, 1.807) is 16.2 Å². The number of benzene rings is 1. The SMILES string of the molecule is O=C(O)C1CCN(C(=O)Nc2ccc3sccc3c2)C1. The molecule has 0 bridgehead atoms. The first-order valence-corrected chi connectivity index (χ1v) is 7.27. The molecule has 2 amide bonds. The number of nitrogens with zero attached hydrogens (tertiary/aromatic N) is 1. The molecule has 6 heteroatoms. The molecule has 0 spiro atoms. The van der Waals surface area contributed by atoms with Crippen molar-refractivity contribution in [2.75, 3.05) is 18.4 Å². The fourth-order valence-corrected chi connectivity index (χ4v) is 3.16. The number of carboxylic acids is 1. The zero-order valence-corrected chi connectivity index (χ0v) is 11.5. The number of carbonyl (C=O) groups is 2. The minimum Gasteiger partial charge on any atom is -0.481 e. The average molecular weight is 290 g/mol. The third-order valence-electron chi connectivity index (χ3n) is 3.53. The Labute approximate surface area is 119 Å². The number of hydrogen-bond acceptors (Lipinski definition) is 3. The lowest BCUT2D eigenvalue weighted by Crippen LogP contribution is -2.33. The number of aliphatic carboxylic acids is 1. The fraction of sp³-hybridized carbons (Fsp3) is 0.286. The van der Waals surface area contributed by atoms with Crippen molar-refractivity contribution in [3.05, 3.63) is 29.6 Å². The van der Waals surface area contributed by atoms with Gasteiger partial charge in [-0.2, -0.15) is 0 Å². The molecular weight excluding hydrogens is 276 g/mol. The van der Waals surface area contributed by atoms with Crippen LogP contribution in [0.2, 0.25) is 0 Å². The summed E-state index contributed by atoms with van der Waals surface area (Å²) in [5.74, 6) is -1.28. The van der Waals surface area contributed by atoms with Gasteiger partial charge in [-0.1, -0.05) is 0 Å². The number of amides is 2. The van der Waals surface area contributed by atoms with Gasteiger partial charge >= 0.3 is 12.0 Å². The van der Waals surface area contributed by atoms with Gasteiger partial charge in [0.05, 0.1) is 5.92 Å². The van der Waals surface area contributed by atoms with Crippen LogP contribution in [0.25, 0.3) is 10.1 Å². The van der Waals surface area contributed by atoms with E-state index in [0.717, 1.165) is 11.1 Å². The molecule has 0 saturated carbocycles. The average Bonchev–Trinajstić information content (AvgIpc) is 3.07. The van der Waals surface area contributed by atoms with E-state index in [2.05, 4.69) is 5.32 Å². The monoisotopic (exact) mass is 290 g/mol. The Morgan fingerprint density at radius 2 is 2.20 bits per heavy atom. The van der Waals surface area contributed by atoms with E-state index in [4.69, 9.17) is 5.11 Å². The number of hydrogen-bond donors (Lipinski definition) is 2. The van der Waals surface area contributed by atoms with E-state index in [0.29, 0.717) is 13.0 Å². The summed E-state index contributed by atoms with van der Waals surface area (Å²) in [5, 5.41) is 14.9. The Hall–Kier alpha value is -2.08. The van der Waals surface area contributed by atoms with E-state index in [1.807, 2.05) is 29.6 Å². The van der Waals surface area contributed by atoms with Crippen molar-refractivity contribution in [2.45, 2.75) is 6.42 Å². The van der Waals surface area contributed by atoms with Crippen molar-refractivity contribution in [1.29, 1.82) is 0 Å². The second-order valence-corrected chi connectivity index (χ2v) is 5.82. The van der Waals surface area contributed by atoms with E-state index in [1.165, 1.54) is 4.70 Å². The van der Waals surface area contributed by atoms with Gasteiger partial charge in [-0.3, -0.25) is 4.79 Å². The first-order valence-electron chi connectivity index (χ1n) is 6.39. The second-order valence-electron chi connectivity index (χ2n) is 4.87. The van der Waals surface area contributed by atoms with Crippen molar-refractivity contribution < 1.29 is 14.7 Å². The number of anilines is 1. The standard InChI is InChI=1S/C14H14N2O3S/c17-13(18)10-3-5-16(8-10)14(19)15-11-1-2-12-9(7-11)4-6-20-12/h1-2,4,6-7,10H,3,5,8H2,(H,15,19)(H,17,18). The van der Waals surface area contributed by atoms with Crippen molar-refractivity contribution in [3.8, 4) is 0 Å². The van der Waals surface area contributed by atoms with E-state index >= 15 is 0 Å². The molecule has 1 aliphatic heterocycles. The number of thiophene rings is 1. The molecule has 1 atom stereocenters. The van der Waals surface area contributed by atoms with Gasteiger partial charge in [-0.25, -0.2) is 4.79 Å². The smallest absolute Gasteiger partial charge is 0.321 e. The highest BCUT2D eigenvalue weighted by Crippen LogP contribution is 2.24. The van der Waals surface area contributed by atoms with E-state index in [-0.39, 0.29) is 12.6 Å². The Morgan fingerprint density at radius 1 is 1.35 bits per heavy atom. The highest BCUT2D eigenvalue weighted by atomic mass is 32.1. The maximum atomic E-state index is 12.1. The van der Waals surface area contributed by atoms with Gasteiger partial charge in [0.2, 0.25) is 0 Å². The predicted octanol–water partition coefficient (Wildman–Crippen LogP) is 2.84. The molecule has 2 heterocycles. The summed E-state index contributed by atoms with van der Waals surface area (Å²) < 4.78 is 1.18. The van der Waals surface area contributed by atoms with Crippen molar-refractivity contribution >= 4 is 39.1 Å². The summed E-state index contributed by atoms with van der Waals surface area (Å²) in [6.07, 6.45) is 0.520. The quantitative estimate of drug-likeness (QED) is 0.893. The molecule has 0 aliphatic carbocycles. The minimum absolute atomic E-state index is 0.233. The Bertz CT molecular complexity index is 667. The summed E-state index contributed by atoms with van der Waals surface area (Å²) in [7, 11) is 0. The Balaban J connectivity index is 1.68. The summed E-state index contributed by atoms with van der Waals surface area (Å²) in [4.78, 5) is 24.5. The molecule has 1 aromatic heterocycles. The molecule has 5 nitrogen and oxygen atoms in total. The van der Waals surface area contributed by atoms with Crippen LogP contribution >= 0.6 is 11.3 Å². The molecule has 2 aromatic rings. The van der Waals surface area contributed by atoms with Crippen molar-refractivity contribution in [2.24, 2.45) is 5.92 Å². The topological polar surface area (TPSA) is 69.6 Å². The van der Waals surface area contributed by atoms with Crippen LogP contribution < -0.4 is 5.32 Å². The summed E-state index contributed by atoms with van der Waals surface area (Å²) in [6, 6.07) is 7.53. The van der Waals surface area contributed by atoms with Crippen LogP contribution in [0.4, 0.5) is 10.5 Å². The van der Waals surface area contributed by atoms with Crippen molar-refractivity contribution in [3.63, 3.8) is 0 Å². The van der Waals surface area contributed by atoms with E-state index in [9.17, 15) is 9.59 Å². The number of urea groups is 1. The number of carbonyl (C=O) groups excluding carboxylic acids is 1. The summed E-state index contributed by atoms with van der Waals surface area (Å²) in [6.45, 7) is 0.769.